The summed E-state index contributed by atoms with van der Waals surface area (Å²) in [7, 11) is -3.52. The molecule has 0 aliphatic carbocycles. The summed E-state index contributed by atoms with van der Waals surface area (Å²) >= 11 is 0. The van der Waals surface area contributed by atoms with Crippen molar-refractivity contribution >= 4 is 21.6 Å². The largest absolute Gasteiger partial charge is 0.416 e. The fourth-order valence-corrected chi connectivity index (χ4v) is 3.66. The van der Waals surface area contributed by atoms with Gasteiger partial charge in [0.1, 0.15) is 6.10 Å². The van der Waals surface area contributed by atoms with Crippen molar-refractivity contribution in [2.45, 2.75) is 24.5 Å². The van der Waals surface area contributed by atoms with Crippen LogP contribution in [0.4, 0.5) is 18.9 Å². The molecule has 10 heteroatoms. The van der Waals surface area contributed by atoms with Crippen molar-refractivity contribution in [1.82, 2.24) is 4.72 Å². The Morgan fingerprint density at radius 1 is 1.13 bits per heavy atom. The average molecular weight is 442 g/mol. The molecule has 3 N–H and O–H groups in total. The molecule has 6 nitrogen and oxygen atoms in total. The normalized spacial score (nSPS) is 12.9. The van der Waals surface area contributed by atoms with Gasteiger partial charge in [-0.3, -0.25) is 4.79 Å². The number of halogens is 3. The fourth-order valence-electron chi connectivity index (χ4n) is 2.56. The van der Waals surface area contributed by atoms with Gasteiger partial charge >= 0.3 is 6.18 Å². The van der Waals surface area contributed by atoms with Crippen molar-refractivity contribution in [2.75, 3.05) is 11.9 Å². The molecule has 1 unspecified atom stereocenters. The highest BCUT2D eigenvalue weighted by molar-refractivity contribution is 7.88. The number of amides is 1. The van der Waals surface area contributed by atoms with E-state index in [1.54, 1.807) is 0 Å². The van der Waals surface area contributed by atoms with E-state index in [2.05, 4.69) is 16.6 Å². The number of aliphatic hydroxyl groups excluding tert-OH is 1. The van der Waals surface area contributed by atoms with E-state index in [1.165, 1.54) is 42.5 Å². The van der Waals surface area contributed by atoms with E-state index in [9.17, 15) is 31.5 Å². The second-order valence-electron chi connectivity index (χ2n) is 6.50. The van der Waals surface area contributed by atoms with Crippen LogP contribution in [0.25, 0.3) is 0 Å². The predicted octanol–water partition coefficient (Wildman–Crippen LogP) is 2.85. The van der Waals surface area contributed by atoms with Crippen molar-refractivity contribution in [3.8, 4) is 0 Å². The predicted molar refractivity (Wildman–Crippen MR) is 107 cm³/mol. The van der Waals surface area contributed by atoms with Crippen LogP contribution < -0.4 is 10.0 Å². The summed E-state index contributed by atoms with van der Waals surface area (Å²) in [5.41, 5.74) is 0.0955. The summed E-state index contributed by atoms with van der Waals surface area (Å²) in [5.74, 6) is -1.05. The Labute approximate surface area is 172 Å². The highest BCUT2D eigenvalue weighted by atomic mass is 32.2. The van der Waals surface area contributed by atoms with E-state index in [4.69, 9.17) is 0 Å². The first-order valence-corrected chi connectivity index (χ1v) is 10.5. The number of hydrogen-bond acceptors (Lipinski definition) is 4. The summed E-state index contributed by atoms with van der Waals surface area (Å²) in [6.45, 7) is 3.54. The van der Waals surface area contributed by atoms with Gasteiger partial charge in [-0.2, -0.15) is 13.2 Å². The SMILES string of the molecule is C=CCNS(=O)(=O)Cc1ccc(NC(=O)C(O)Cc2cccc(C(F)(F)F)c2)cc1. The highest BCUT2D eigenvalue weighted by Crippen LogP contribution is 2.29. The molecule has 0 aromatic heterocycles. The summed E-state index contributed by atoms with van der Waals surface area (Å²) in [5, 5.41) is 12.5. The number of hydrogen-bond donors (Lipinski definition) is 3. The molecule has 1 atom stereocenters. The number of rotatable bonds is 9. The quantitative estimate of drug-likeness (QED) is 0.521. The number of carbonyl (C=O) groups excluding carboxylic acids is 1. The molecule has 0 saturated carbocycles. The minimum absolute atomic E-state index is 0.111. The van der Waals surface area contributed by atoms with Crippen LogP contribution in [-0.2, 0) is 33.2 Å². The first-order chi connectivity index (χ1) is 14.0. The van der Waals surface area contributed by atoms with Crippen molar-refractivity contribution in [3.05, 3.63) is 77.9 Å². The van der Waals surface area contributed by atoms with Crippen molar-refractivity contribution in [2.24, 2.45) is 0 Å². The Morgan fingerprint density at radius 2 is 1.80 bits per heavy atom. The summed E-state index contributed by atoms with van der Waals surface area (Å²) in [6, 6.07) is 10.3. The van der Waals surface area contributed by atoms with Gasteiger partial charge < -0.3 is 10.4 Å². The number of aliphatic hydroxyl groups is 1. The Kier molecular flexibility index (Phi) is 7.77. The lowest BCUT2D eigenvalue weighted by atomic mass is 10.0. The van der Waals surface area contributed by atoms with Gasteiger partial charge in [-0.15, -0.1) is 6.58 Å². The van der Waals surface area contributed by atoms with E-state index in [0.717, 1.165) is 12.1 Å². The van der Waals surface area contributed by atoms with Gasteiger partial charge in [0.2, 0.25) is 10.0 Å². The molecule has 30 heavy (non-hydrogen) atoms. The number of nitrogens with one attached hydrogen (secondary N) is 2. The summed E-state index contributed by atoms with van der Waals surface area (Å²) < 4.78 is 64.3. The van der Waals surface area contributed by atoms with Crippen LogP contribution in [0, 0.1) is 0 Å². The smallest absolute Gasteiger partial charge is 0.383 e. The monoisotopic (exact) mass is 442 g/mol. The molecular formula is C20H21F3N2O4S. The lowest BCUT2D eigenvalue weighted by Crippen LogP contribution is -2.29. The van der Waals surface area contributed by atoms with Crippen LogP contribution in [0.1, 0.15) is 16.7 Å². The minimum atomic E-state index is -4.51. The zero-order valence-electron chi connectivity index (χ0n) is 15.8. The van der Waals surface area contributed by atoms with Gasteiger partial charge in [-0.25, -0.2) is 13.1 Å². The van der Waals surface area contributed by atoms with Crippen LogP contribution >= 0.6 is 0 Å². The van der Waals surface area contributed by atoms with Crippen molar-refractivity contribution in [3.63, 3.8) is 0 Å². The molecule has 0 fully saturated rings. The molecular weight excluding hydrogens is 421 g/mol. The van der Waals surface area contributed by atoms with Gasteiger partial charge in [0.05, 0.1) is 11.3 Å². The van der Waals surface area contributed by atoms with Crippen LogP contribution in [0.5, 0.6) is 0 Å². The molecule has 0 aliphatic rings. The Bertz CT molecular complexity index is 990. The molecule has 2 rings (SSSR count). The highest BCUT2D eigenvalue weighted by Gasteiger charge is 2.30. The number of benzene rings is 2. The van der Waals surface area contributed by atoms with Crippen LogP contribution in [0.3, 0.4) is 0 Å². The number of alkyl halides is 3. The van der Waals surface area contributed by atoms with E-state index >= 15 is 0 Å². The summed E-state index contributed by atoms with van der Waals surface area (Å²) in [4.78, 5) is 12.1. The maximum Gasteiger partial charge on any atom is 0.416 e. The Hall–Kier alpha value is -2.69. The minimum Gasteiger partial charge on any atom is -0.383 e. The average Bonchev–Trinajstić information content (AvgIpc) is 2.67. The van der Waals surface area contributed by atoms with Gasteiger partial charge in [0.25, 0.3) is 5.91 Å². The van der Waals surface area contributed by atoms with Crippen LogP contribution in [0.2, 0.25) is 0 Å². The van der Waals surface area contributed by atoms with E-state index < -0.39 is 33.8 Å². The number of anilines is 1. The third-order valence-corrected chi connectivity index (χ3v) is 5.33. The molecule has 0 heterocycles. The van der Waals surface area contributed by atoms with E-state index in [0.29, 0.717) is 11.3 Å². The van der Waals surface area contributed by atoms with E-state index in [-0.39, 0.29) is 24.3 Å². The lowest BCUT2D eigenvalue weighted by molar-refractivity contribution is -0.137. The van der Waals surface area contributed by atoms with Crippen LogP contribution in [-0.4, -0.2) is 32.1 Å². The third-order valence-electron chi connectivity index (χ3n) is 4.01. The molecule has 0 spiro atoms. The zero-order valence-corrected chi connectivity index (χ0v) is 16.6. The first-order valence-electron chi connectivity index (χ1n) is 8.82. The number of carbonyl (C=O) groups is 1. The number of sulfonamides is 1. The van der Waals surface area contributed by atoms with Gasteiger partial charge in [0.15, 0.2) is 0 Å². The van der Waals surface area contributed by atoms with Crippen molar-refractivity contribution in [1.29, 1.82) is 0 Å². The molecule has 1 amide bonds. The van der Waals surface area contributed by atoms with Gasteiger partial charge in [-0.1, -0.05) is 36.4 Å². The molecule has 0 radical (unpaired) electrons. The molecule has 0 saturated heterocycles. The van der Waals surface area contributed by atoms with Crippen LogP contribution in [0.15, 0.2) is 61.2 Å². The second-order valence-corrected chi connectivity index (χ2v) is 8.31. The standard InChI is InChI=1S/C20H21F3N2O4S/c1-2-10-24-30(28,29)13-14-6-8-17(9-7-14)25-19(27)18(26)12-15-4-3-5-16(11-15)20(21,22)23/h2-9,11,18,24,26H,1,10,12-13H2,(H,25,27). The second kappa shape index (κ2) is 9.88. The first kappa shape index (κ1) is 23.6. The Balaban J connectivity index is 1.96. The lowest BCUT2D eigenvalue weighted by Gasteiger charge is -2.13. The zero-order chi connectivity index (χ0) is 22.4. The topological polar surface area (TPSA) is 95.5 Å². The van der Waals surface area contributed by atoms with E-state index in [1.807, 2.05) is 0 Å². The molecule has 0 aliphatic heterocycles. The van der Waals surface area contributed by atoms with Gasteiger partial charge in [0, 0.05) is 18.7 Å². The molecule has 2 aromatic carbocycles. The Morgan fingerprint density at radius 3 is 2.40 bits per heavy atom. The third kappa shape index (κ3) is 7.29. The summed E-state index contributed by atoms with van der Waals surface area (Å²) in [6.07, 6.45) is -4.95. The maximum atomic E-state index is 12.8. The van der Waals surface area contributed by atoms with Crippen molar-refractivity contribution < 1.29 is 31.5 Å². The molecule has 162 valence electrons. The van der Waals surface area contributed by atoms with Gasteiger partial charge in [-0.05, 0) is 29.3 Å². The fraction of sp³-hybridized carbons (Fsp3) is 0.250. The molecule has 0 bridgehead atoms. The molecule has 2 aromatic rings. The maximum absolute atomic E-state index is 12.8.